The number of nitrogens with one attached hydrogen (secondary N) is 1. The third-order valence-electron chi connectivity index (χ3n) is 2.26. The summed E-state index contributed by atoms with van der Waals surface area (Å²) in [6.07, 6.45) is 0. The van der Waals surface area contributed by atoms with Gasteiger partial charge in [-0.05, 0) is 31.2 Å². The lowest BCUT2D eigenvalue weighted by Gasteiger charge is -2.06. The lowest BCUT2D eigenvalue weighted by molar-refractivity contribution is -0.123. The number of benzene rings is 1. The predicted octanol–water partition coefficient (Wildman–Crippen LogP) is 0.655. The Labute approximate surface area is 109 Å². The van der Waals surface area contributed by atoms with Crippen LogP contribution in [0.3, 0.4) is 0 Å². The van der Waals surface area contributed by atoms with Crippen molar-refractivity contribution in [3.05, 3.63) is 36.0 Å². The second-order valence-corrected chi connectivity index (χ2v) is 3.87. The van der Waals surface area contributed by atoms with Crippen molar-refractivity contribution in [1.29, 1.82) is 0 Å². The van der Waals surface area contributed by atoms with Gasteiger partial charge in [-0.15, -0.1) is 0 Å². The van der Waals surface area contributed by atoms with Crippen LogP contribution in [0.25, 0.3) is 0 Å². The van der Waals surface area contributed by atoms with Crippen molar-refractivity contribution < 1.29 is 14.1 Å². The number of hydrogen-bond acceptors (Lipinski definition) is 6. The van der Waals surface area contributed by atoms with Gasteiger partial charge >= 0.3 is 0 Å². The molecule has 7 heteroatoms. The van der Waals surface area contributed by atoms with Crippen LogP contribution in [0.2, 0.25) is 0 Å². The van der Waals surface area contributed by atoms with Gasteiger partial charge in [0.15, 0.2) is 12.4 Å². The lowest BCUT2D eigenvalue weighted by Crippen LogP contribution is -2.28. The minimum Gasteiger partial charge on any atom is -0.484 e. The molecular formula is C12H14N4O3. The van der Waals surface area contributed by atoms with Crippen LogP contribution in [0.1, 0.15) is 11.7 Å². The quantitative estimate of drug-likeness (QED) is 0.767. The summed E-state index contributed by atoms with van der Waals surface area (Å²) in [5.41, 5.74) is 6.18. The van der Waals surface area contributed by atoms with Crippen molar-refractivity contribution in [3.63, 3.8) is 0 Å². The van der Waals surface area contributed by atoms with E-state index in [9.17, 15) is 4.79 Å². The van der Waals surface area contributed by atoms with E-state index in [2.05, 4.69) is 15.5 Å². The van der Waals surface area contributed by atoms with E-state index in [0.717, 1.165) is 0 Å². The van der Waals surface area contributed by atoms with Gasteiger partial charge in [-0.2, -0.15) is 4.98 Å². The molecule has 1 heterocycles. The molecule has 0 saturated carbocycles. The molecule has 7 nitrogen and oxygen atoms in total. The highest BCUT2D eigenvalue weighted by Gasteiger charge is 2.06. The number of nitrogens with two attached hydrogens (primary N) is 1. The summed E-state index contributed by atoms with van der Waals surface area (Å²) in [5, 5.41) is 6.22. The molecule has 0 saturated heterocycles. The number of nitrogens with zero attached hydrogens (tertiary/aromatic N) is 2. The van der Waals surface area contributed by atoms with Crippen molar-refractivity contribution in [2.24, 2.45) is 0 Å². The van der Waals surface area contributed by atoms with Crippen LogP contribution in [-0.2, 0) is 11.3 Å². The summed E-state index contributed by atoms with van der Waals surface area (Å²) in [4.78, 5) is 15.5. The molecule has 1 aromatic carbocycles. The van der Waals surface area contributed by atoms with E-state index < -0.39 is 0 Å². The summed E-state index contributed by atoms with van der Waals surface area (Å²) >= 11 is 0. The number of carbonyl (C=O) groups excluding carboxylic acids is 1. The normalized spacial score (nSPS) is 10.2. The van der Waals surface area contributed by atoms with Gasteiger partial charge in [0.05, 0.1) is 6.54 Å². The van der Waals surface area contributed by atoms with E-state index in [4.69, 9.17) is 15.0 Å². The second kappa shape index (κ2) is 5.85. The predicted molar refractivity (Wildman–Crippen MR) is 67.2 cm³/mol. The van der Waals surface area contributed by atoms with Gasteiger partial charge in [-0.3, -0.25) is 4.79 Å². The fourth-order valence-corrected chi connectivity index (χ4v) is 1.35. The fourth-order valence-electron chi connectivity index (χ4n) is 1.35. The second-order valence-electron chi connectivity index (χ2n) is 3.87. The number of amides is 1. The van der Waals surface area contributed by atoms with Gasteiger partial charge in [-0.1, -0.05) is 5.16 Å². The topological polar surface area (TPSA) is 103 Å². The first-order valence-corrected chi connectivity index (χ1v) is 5.68. The Balaban J connectivity index is 1.74. The summed E-state index contributed by atoms with van der Waals surface area (Å²) in [7, 11) is 0. The average Bonchev–Trinajstić information content (AvgIpc) is 2.81. The smallest absolute Gasteiger partial charge is 0.258 e. The maximum Gasteiger partial charge on any atom is 0.258 e. The number of ether oxygens (including phenoxy) is 1. The number of carbonyl (C=O) groups is 1. The van der Waals surface area contributed by atoms with Gasteiger partial charge in [0.2, 0.25) is 5.89 Å². The van der Waals surface area contributed by atoms with Crippen LogP contribution in [0.4, 0.5) is 5.69 Å². The number of aryl methyl sites for hydroxylation is 1. The van der Waals surface area contributed by atoms with E-state index in [1.54, 1.807) is 31.2 Å². The molecule has 1 amide bonds. The minimum atomic E-state index is -0.271. The summed E-state index contributed by atoms with van der Waals surface area (Å²) < 4.78 is 10.1. The Bertz CT molecular complexity index is 550. The van der Waals surface area contributed by atoms with Crippen LogP contribution in [0.15, 0.2) is 28.8 Å². The van der Waals surface area contributed by atoms with Crippen molar-refractivity contribution in [2.45, 2.75) is 13.5 Å². The highest BCUT2D eigenvalue weighted by atomic mass is 16.5. The molecule has 2 rings (SSSR count). The summed E-state index contributed by atoms with van der Waals surface area (Å²) in [6, 6.07) is 6.80. The molecule has 1 aromatic heterocycles. The zero-order chi connectivity index (χ0) is 13.7. The molecule has 0 spiro atoms. The largest absolute Gasteiger partial charge is 0.484 e. The molecule has 0 aliphatic carbocycles. The first-order chi connectivity index (χ1) is 9.13. The van der Waals surface area contributed by atoms with Gasteiger partial charge in [0.25, 0.3) is 5.91 Å². The third kappa shape index (κ3) is 3.98. The maximum atomic E-state index is 11.5. The monoisotopic (exact) mass is 262 g/mol. The molecular weight excluding hydrogens is 248 g/mol. The van der Waals surface area contributed by atoms with Crippen molar-refractivity contribution >= 4 is 11.6 Å². The number of nitrogen functional groups attached to an aromatic ring is 1. The fraction of sp³-hybridized carbons (Fsp3) is 0.250. The summed E-state index contributed by atoms with van der Waals surface area (Å²) in [5.74, 6) is 1.20. The van der Waals surface area contributed by atoms with Crippen LogP contribution < -0.4 is 15.8 Å². The Morgan fingerprint density at radius 1 is 1.42 bits per heavy atom. The Hall–Kier alpha value is -2.57. The van der Waals surface area contributed by atoms with Gasteiger partial charge in [0.1, 0.15) is 5.75 Å². The molecule has 3 N–H and O–H groups in total. The first kappa shape index (κ1) is 12.9. The first-order valence-electron chi connectivity index (χ1n) is 5.68. The molecule has 0 atom stereocenters. The molecule has 0 bridgehead atoms. The molecule has 0 unspecified atom stereocenters. The van der Waals surface area contributed by atoms with E-state index in [-0.39, 0.29) is 19.1 Å². The SMILES string of the molecule is Cc1noc(CNC(=O)COc2ccc(N)cc2)n1. The molecule has 0 aliphatic rings. The van der Waals surface area contributed by atoms with Crippen molar-refractivity contribution in [3.8, 4) is 5.75 Å². The zero-order valence-corrected chi connectivity index (χ0v) is 10.4. The number of hydrogen-bond donors (Lipinski definition) is 2. The van der Waals surface area contributed by atoms with Gasteiger partial charge in [-0.25, -0.2) is 0 Å². The van der Waals surface area contributed by atoms with Crippen LogP contribution >= 0.6 is 0 Å². The minimum absolute atomic E-state index is 0.0863. The number of rotatable bonds is 5. The van der Waals surface area contributed by atoms with E-state index >= 15 is 0 Å². The number of anilines is 1. The van der Waals surface area contributed by atoms with Crippen molar-refractivity contribution in [1.82, 2.24) is 15.5 Å². The Morgan fingerprint density at radius 3 is 2.79 bits per heavy atom. The highest BCUT2D eigenvalue weighted by molar-refractivity contribution is 5.77. The lowest BCUT2D eigenvalue weighted by atomic mass is 10.3. The average molecular weight is 262 g/mol. The van der Waals surface area contributed by atoms with Crippen LogP contribution in [0.5, 0.6) is 5.75 Å². The van der Waals surface area contributed by atoms with E-state index in [1.807, 2.05) is 0 Å². The Morgan fingerprint density at radius 2 is 2.16 bits per heavy atom. The maximum absolute atomic E-state index is 11.5. The Kier molecular flexibility index (Phi) is 3.97. The van der Waals surface area contributed by atoms with E-state index in [1.165, 1.54) is 0 Å². The molecule has 100 valence electrons. The summed E-state index contributed by atoms with van der Waals surface area (Å²) in [6.45, 7) is 1.81. The molecule has 0 radical (unpaired) electrons. The molecule has 2 aromatic rings. The van der Waals surface area contributed by atoms with E-state index in [0.29, 0.717) is 23.2 Å². The third-order valence-corrected chi connectivity index (χ3v) is 2.26. The standard InChI is InChI=1S/C12H14N4O3/c1-8-15-12(19-16-8)6-14-11(17)7-18-10-4-2-9(13)3-5-10/h2-5H,6-7,13H2,1H3,(H,14,17). The van der Waals surface area contributed by atoms with Crippen molar-refractivity contribution in [2.75, 3.05) is 12.3 Å². The van der Waals surface area contributed by atoms with Gasteiger partial charge in [0, 0.05) is 5.69 Å². The highest BCUT2D eigenvalue weighted by Crippen LogP contribution is 2.12. The molecule has 0 aliphatic heterocycles. The van der Waals surface area contributed by atoms with Crippen LogP contribution in [0, 0.1) is 6.92 Å². The van der Waals surface area contributed by atoms with Gasteiger partial charge < -0.3 is 20.3 Å². The molecule has 0 fully saturated rings. The van der Waals surface area contributed by atoms with Crippen LogP contribution in [-0.4, -0.2) is 22.7 Å². The number of aromatic nitrogens is 2. The molecule has 19 heavy (non-hydrogen) atoms. The zero-order valence-electron chi connectivity index (χ0n) is 10.4.